The highest BCUT2D eigenvalue weighted by atomic mass is 32.1. The number of aromatic nitrogens is 3. The minimum Gasteiger partial charge on any atom is -0.308 e. The first-order valence-electron chi connectivity index (χ1n) is 13.4. The second-order valence-corrected chi connectivity index (χ2v) is 11.4. The molecule has 2 aliphatic rings. The molecule has 3 heterocycles. The summed E-state index contributed by atoms with van der Waals surface area (Å²) in [7, 11) is 0. The van der Waals surface area contributed by atoms with Crippen LogP contribution >= 0.6 is 11.3 Å². The number of hydrogen-bond donors (Lipinski definition) is 0. The maximum absolute atomic E-state index is 13.6. The van der Waals surface area contributed by atoms with Crippen molar-refractivity contribution in [2.24, 2.45) is 5.10 Å². The monoisotopic (exact) mass is 509 g/mol. The summed E-state index contributed by atoms with van der Waals surface area (Å²) >= 11 is 1.75. The average Bonchev–Trinajstić information content (AvgIpc) is 3.43. The van der Waals surface area contributed by atoms with Gasteiger partial charge in [-0.1, -0.05) is 31.4 Å². The molecule has 2 aliphatic carbocycles. The molecule has 0 aliphatic heterocycles. The molecule has 0 amide bonds. The van der Waals surface area contributed by atoms with Gasteiger partial charge >= 0.3 is 0 Å². The van der Waals surface area contributed by atoms with E-state index in [-0.39, 0.29) is 11.5 Å². The Kier molecular flexibility index (Phi) is 6.29. The van der Waals surface area contributed by atoms with Crippen LogP contribution in [0.2, 0.25) is 0 Å². The molecular formula is C30H31N5OS. The molecule has 0 spiro atoms. The van der Waals surface area contributed by atoms with Crippen LogP contribution < -0.4 is 5.56 Å². The lowest BCUT2D eigenvalue weighted by Gasteiger charge is -2.22. The zero-order chi connectivity index (χ0) is 25.5. The third-order valence-electron chi connectivity index (χ3n) is 8.00. The van der Waals surface area contributed by atoms with Gasteiger partial charge < -0.3 is 4.57 Å². The smallest absolute Gasteiger partial charge is 0.282 e. The van der Waals surface area contributed by atoms with Gasteiger partial charge in [0.05, 0.1) is 22.7 Å². The van der Waals surface area contributed by atoms with Crippen molar-refractivity contribution in [3.8, 4) is 11.1 Å². The molecule has 188 valence electrons. The molecule has 1 aromatic carbocycles. The number of rotatable bonds is 4. The molecule has 0 N–H and O–H groups in total. The maximum atomic E-state index is 13.6. The Morgan fingerprint density at radius 1 is 1.11 bits per heavy atom. The van der Waals surface area contributed by atoms with Crippen LogP contribution in [0.15, 0.2) is 40.2 Å². The fourth-order valence-electron chi connectivity index (χ4n) is 6.05. The van der Waals surface area contributed by atoms with Crippen molar-refractivity contribution in [1.29, 1.82) is 5.26 Å². The highest BCUT2D eigenvalue weighted by Crippen LogP contribution is 2.38. The summed E-state index contributed by atoms with van der Waals surface area (Å²) in [4.78, 5) is 19.8. The minimum absolute atomic E-state index is 0.117. The van der Waals surface area contributed by atoms with Crippen molar-refractivity contribution in [3.05, 3.63) is 79.5 Å². The average molecular weight is 510 g/mol. The number of aryl methyl sites for hydroxylation is 2. The molecule has 6 rings (SSSR count). The molecule has 0 radical (unpaired) electrons. The SMILES string of the molecule is Cc1cc(C=Nn2c(C3CCCCC3)nc3ccccc3c2=O)c(C)n1-c1sc2c(c1C#N)CCCC2. The zero-order valence-electron chi connectivity index (χ0n) is 21.5. The fourth-order valence-corrected chi connectivity index (χ4v) is 7.50. The third kappa shape index (κ3) is 4.14. The number of thiophene rings is 1. The van der Waals surface area contributed by atoms with Crippen LogP contribution in [0, 0.1) is 25.2 Å². The topological polar surface area (TPSA) is 76.0 Å². The molecule has 7 heteroatoms. The third-order valence-corrected chi connectivity index (χ3v) is 9.28. The predicted molar refractivity (Wildman–Crippen MR) is 149 cm³/mol. The summed E-state index contributed by atoms with van der Waals surface area (Å²) in [6, 6.07) is 12.1. The lowest BCUT2D eigenvalue weighted by molar-refractivity contribution is 0.416. The first-order chi connectivity index (χ1) is 18.1. The van der Waals surface area contributed by atoms with Gasteiger partial charge in [0, 0.05) is 27.7 Å². The highest BCUT2D eigenvalue weighted by molar-refractivity contribution is 7.15. The maximum Gasteiger partial charge on any atom is 0.282 e. The molecular weight excluding hydrogens is 478 g/mol. The van der Waals surface area contributed by atoms with Crippen LogP contribution in [0.1, 0.15) is 89.6 Å². The second kappa shape index (κ2) is 9.75. The Morgan fingerprint density at radius 2 is 1.89 bits per heavy atom. The van der Waals surface area contributed by atoms with Gasteiger partial charge in [-0.05, 0) is 76.1 Å². The minimum atomic E-state index is -0.117. The molecule has 4 aromatic rings. The van der Waals surface area contributed by atoms with Gasteiger partial charge in [-0.3, -0.25) is 4.79 Å². The summed E-state index contributed by atoms with van der Waals surface area (Å²) in [6.45, 7) is 4.14. The van der Waals surface area contributed by atoms with E-state index in [2.05, 4.69) is 30.6 Å². The van der Waals surface area contributed by atoms with Gasteiger partial charge in [0.2, 0.25) is 0 Å². The van der Waals surface area contributed by atoms with Crippen LogP contribution in [0.25, 0.3) is 15.9 Å². The number of nitrogens with zero attached hydrogens (tertiary/aromatic N) is 5. The molecule has 0 unspecified atom stereocenters. The summed E-state index contributed by atoms with van der Waals surface area (Å²) in [5.74, 6) is 1.01. The van der Waals surface area contributed by atoms with E-state index in [1.165, 1.54) is 28.0 Å². The normalized spacial score (nSPS) is 16.4. The highest BCUT2D eigenvalue weighted by Gasteiger charge is 2.25. The number of fused-ring (bicyclic) bond motifs is 2. The lowest BCUT2D eigenvalue weighted by Crippen LogP contribution is -2.25. The van der Waals surface area contributed by atoms with Crippen LogP contribution in [0.5, 0.6) is 0 Å². The van der Waals surface area contributed by atoms with E-state index in [9.17, 15) is 10.1 Å². The molecule has 37 heavy (non-hydrogen) atoms. The molecule has 3 aromatic heterocycles. The number of hydrogen-bond acceptors (Lipinski definition) is 5. The summed E-state index contributed by atoms with van der Waals surface area (Å²) in [6.07, 6.45) is 11.8. The van der Waals surface area contributed by atoms with Crippen molar-refractivity contribution in [2.75, 3.05) is 0 Å². The quantitative estimate of drug-likeness (QED) is 0.293. The molecule has 1 fully saturated rings. The van der Waals surface area contributed by atoms with Crippen LogP contribution in [-0.4, -0.2) is 20.4 Å². The van der Waals surface area contributed by atoms with Crippen molar-refractivity contribution >= 4 is 28.5 Å². The number of benzene rings is 1. The zero-order valence-corrected chi connectivity index (χ0v) is 22.3. The van der Waals surface area contributed by atoms with Crippen molar-refractivity contribution < 1.29 is 0 Å². The number of nitriles is 1. The van der Waals surface area contributed by atoms with Crippen molar-refractivity contribution in [3.63, 3.8) is 0 Å². The fraction of sp³-hybridized carbons (Fsp3) is 0.400. The molecule has 0 saturated heterocycles. The Hall–Kier alpha value is -3.50. The van der Waals surface area contributed by atoms with Gasteiger partial charge in [0.25, 0.3) is 5.56 Å². The van der Waals surface area contributed by atoms with Crippen LogP contribution in [-0.2, 0) is 12.8 Å². The van der Waals surface area contributed by atoms with Crippen LogP contribution in [0.4, 0.5) is 0 Å². The summed E-state index contributed by atoms with van der Waals surface area (Å²) in [5.41, 5.74) is 5.71. The van der Waals surface area contributed by atoms with E-state index in [1.807, 2.05) is 24.3 Å². The van der Waals surface area contributed by atoms with E-state index in [0.717, 1.165) is 83.8 Å². The largest absolute Gasteiger partial charge is 0.308 e. The molecule has 0 atom stereocenters. The second-order valence-electron chi connectivity index (χ2n) is 10.3. The standard InChI is InChI=1S/C30H31N5OS/c1-19-16-22(20(2)34(19)30-25(17-31)23-12-7-9-15-27(23)37-30)18-32-35-28(21-10-4-3-5-11-21)33-26-14-8-6-13-24(26)29(35)36/h6,8,13-14,16,18,21H,3-5,7,9-12,15H2,1-2H3. The van der Waals surface area contributed by atoms with E-state index in [4.69, 9.17) is 10.1 Å². The van der Waals surface area contributed by atoms with Crippen molar-refractivity contribution in [2.45, 2.75) is 77.6 Å². The molecule has 0 bridgehead atoms. The van der Waals surface area contributed by atoms with Gasteiger partial charge in [0.1, 0.15) is 16.9 Å². The molecule has 6 nitrogen and oxygen atoms in total. The van der Waals surface area contributed by atoms with E-state index < -0.39 is 0 Å². The van der Waals surface area contributed by atoms with Gasteiger partial charge in [0.15, 0.2) is 0 Å². The van der Waals surface area contributed by atoms with Gasteiger partial charge in [-0.2, -0.15) is 15.0 Å². The predicted octanol–water partition coefficient (Wildman–Crippen LogP) is 6.55. The van der Waals surface area contributed by atoms with Crippen molar-refractivity contribution in [1.82, 2.24) is 14.2 Å². The lowest BCUT2D eigenvalue weighted by atomic mass is 9.88. The van der Waals surface area contributed by atoms with Crippen LogP contribution in [0.3, 0.4) is 0 Å². The van der Waals surface area contributed by atoms with E-state index in [1.54, 1.807) is 17.6 Å². The first-order valence-corrected chi connectivity index (χ1v) is 14.2. The Balaban J connectivity index is 1.45. The van der Waals surface area contributed by atoms with Gasteiger partial charge in [-0.15, -0.1) is 11.3 Å². The number of para-hydroxylation sites is 1. The Morgan fingerprint density at radius 3 is 2.70 bits per heavy atom. The first kappa shape index (κ1) is 23.9. The Labute approximate surface area is 220 Å². The summed E-state index contributed by atoms with van der Waals surface area (Å²) < 4.78 is 3.72. The molecule has 1 saturated carbocycles. The van der Waals surface area contributed by atoms with E-state index in [0.29, 0.717) is 5.39 Å². The van der Waals surface area contributed by atoms with E-state index >= 15 is 0 Å². The summed E-state index contributed by atoms with van der Waals surface area (Å²) in [5, 5.41) is 16.4. The Bertz CT molecular complexity index is 1620. The van der Waals surface area contributed by atoms with Gasteiger partial charge in [-0.25, -0.2) is 4.98 Å².